The third kappa shape index (κ3) is 9.62. The van der Waals surface area contributed by atoms with Gasteiger partial charge in [-0.15, -0.1) is 0 Å². The number of aliphatic hydroxyl groups is 2. The third-order valence-electron chi connectivity index (χ3n) is 6.80. The number of imide groups is 1. The quantitative estimate of drug-likeness (QED) is 0.263. The van der Waals surface area contributed by atoms with Gasteiger partial charge in [-0.2, -0.15) is 17.5 Å². The molecule has 0 saturated heterocycles. The molecule has 0 aliphatic heterocycles. The SMILES string of the molecule is CCCN([C@H](CO)CCC[C@@H](N(C(=O)OC)C(=O)[C@@H](N)Cc1ccccc1Cl)C(F)(F)F)S(=O)(=O)c1ccc(CO)cc1. The molecule has 0 fully saturated rings. The number of carbonyl (C=O) groups excluding carboxylic acids is 2. The van der Waals surface area contributed by atoms with E-state index in [1.807, 2.05) is 0 Å². The Labute approximate surface area is 254 Å². The second kappa shape index (κ2) is 16.4. The average Bonchev–Trinajstić information content (AvgIpc) is 2.97. The number of halogens is 4. The van der Waals surface area contributed by atoms with Crippen LogP contribution in [0.2, 0.25) is 5.02 Å². The lowest BCUT2D eigenvalue weighted by atomic mass is 10.0. The number of sulfonamides is 1. The van der Waals surface area contributed by atoms with Gasteiger partial charge in [0, 0.05) is 17.6 Å². The first kappa shape index (κ1) is 36.4. The van der Waals surface area contributed by atoms with Gasteiger partial charge in [-0.25, -0.2) is 18.1 Å². The molecule has 0 heterocycles. The summed E-state index contributed by atoms with van der Waals surface area (Å²) in [6.07, 6.45) is -7.87. The molecule has 10 nitrogen and oxygen atoms in total. The van der Waals surface area contributed by atoms with Crippen molar-refractivity contribution in [2.75, 3.05) is 20.3 Å². The largest absolute Gasteiger partial charge is 0.452 e. The molecule has 0 unspecified atom stereocenters. The second-order valence-electron chi connectivity index (χ2n) is 9.82. The topological polar surface area (TPSA) is 150 Å². The zero-order valence-electron chi connectivity index (χ0n) is 23.8. The highest BCUT2D eigenvalue weighted by atomic mass is 35.5. The summed E-state index contributed by atoms with van der Waals surface area (Å²) in [5.41, 5.74) is 6.82. The highest BCUT2D eigenvalue weighted by Gasteiger charge is 2.49. The molecular formula is C28H37ClF3N3O7S. The number of carbonyl (C=O) groups is 2. The molecule has 0 spiro atoms. The van der Waals surface area contributed by atoms with Crippen LogP contribution in [0.5, 0.6) is 0 Å². The average molecular weight is 652 g/mol. The first-order valence-corrected chi connectivity index (χ1v) is 15.3. The van der Waals surface area contributed by atoms with Crippen LogP contribution in [0.4, 0.5) is 18.0 Å². The summed E-state index contributed by atoms with van der Waals surface area (Å²) in [5.74, 6) is -1.32. The zero-order chi connectivity index (χ0) is 32.4. The number of ether oxygens (including phenoxy) is 1. The van der Waals surface area contributed by atoms with Crippen LogP contribution in [0, 0.1) is 0 Å². The molecule has 0 saturated carbocycles. The molecule has 0 radical (unpaired) electrons. The Morgan fingerprint density at radius 3 is 2.21 bits per heavy atom. The monoisotopic (exact) mass is 651 g/mol. The first-order chi connectivity index (χ1) is 20.2. The molecule has 2 aromatic rings. The van der Waals surface area contributed by atoms with Gasteiger partial charge in [-0.3, -0.25) is 4.79 Å². The molecular weight excluding hydrogens is 615 g/mol. The van der Waals surface area contributed by atoms with Crippen molar-refractivity contribution >= 4 is 33.6 Å². The number of methoxy groups -OCH3 is 1. The minimum absolute atomic E-state index is 0.0261. The lowest BCUT2D eigenvalue weighted by Gasteiger charge is -2.33. The lowest BCUT2D eigenvalue weighted by molar-refractivity contribution is -0.187. The predicted octanol–water partition coefficient (Wildman–Crippen LogP) is 3.86. The van der Waals surface area contributed by atoms with E-state index in [0.29, 0.717) is 17.5 Å². The van der Waals surface area contributed by atoms with E-state index in [0.717, 1.165) is 11.4 Å². The van der Waals surface area contributed by atoms with Gasteiger partial charge in [-0.1, -0.05) is 48.9 Å². The van der Waals surface area contributed by atoms with Crippen LogP contribution >= 0.6 is 11.6 Å². The minimum Gasteiger partial charge on any atom is -0.452 e. The van der Waals surface area contributed by atoms with Gasteiger partial charge in [-0.05, 0) is 61.4 Å². The van der Waals surface area contributed by atoms with Crippen molar-refractivity contribution in [3.8, 4) is 0 Å². The number of aliphatic hydroxyl groups excluding tert-OH is 2. The van der Waals surface area contributed by atoms with Crippen molar-refractivity contribution in [1.82, 2.24) is 9.21 Å². The number of benzene rings is 2. The fraction of sp³-hybridized carbons (Fsp3) is 0.500. The van der Waals surface area contributed by atoms with Crippen molar-refractivity contribution in [3.05, 3.63) is 64.7 Å². The maximum absolute atomic E-state index is 14.3. The van der Waals surface area contributed by atoms with Crippen LogP contribution in [0.3, 0.4) is 0 Å². The number of nitrogens with zero attached hydrogens (tertiary/aromatic N) is 2. The fourth-order valence-corrected chi connectivity index (χ4v) is 6.52. The Hall–Kier alpha value is -2.75. The molecule has 15 heteroatoms. The maximum atomic E-state index is 14.3. The predicted molar refractivity (Wildman–Crippen MR) is 153 cm³/mol. The van der Waals surface area contributed by atoms with Gasteiger partial charge in [0.2, 0.25) is 15.9 Å². The van der Waals surface area contributed by atoms with Gasteiger partial charge in [0.05, 0.1) is 31.3 Å². The molecule has 2 aromatic carbocycles. The van der Waals surface area contributed by atoms with Crippen LogP contribution < -0.4 is 5.73 Å². The third-order valence-corrected chi connectivity index (χ3v) is 9.14. The smallest absolute Gasteiger partial charge is 0.416 e. The maximum Gasteiger partial charge on any atom is 0.416 e. The van der Waals surface area contributed by atoms with E-state index >= 15 is 0 Å². The fourth-order valence-electron chi connectivity index (χ4n) is 4.57. The second-order valence-corrected chi connectivity index (χ2v) is 12.1. The van der Waals surface area contributed by atoms with Crippen molar-refractivity contribution in [2.45, 2.75) is 74.8 Å². The molecule has 2 rings (SSSR count). The molecule has 0 aliphatic carbocycles. The van der Waals surface area contributed by atoms with Crippen LogP contribution in [-0.2, 0) is 32.6 Å². The van der Waals surface area contributed by atoms with Crippen LogP contribution in [0.1, 0.15) is 43.7 Å². The van der Waals surface area contributed by atoms with Gasteiger partial charge < -0.3 is 20.7 Å². The van der Waals surface area contributed by atoms with E-state index in [1.165, 1.54) is 30.3 Å². The molecule has 2 amide bonds. The molecule has 240 valence electrons. The summed E-state index contributed by atoms with van der Waals surface area (Å²) in [5, 5.41) is 19.6. The van der Waals surface area contributed by atoms with Crippen molar-refractivity contribution < 1.29 is 46.1 Å². The molecule has 0 bridgehead atoms. The van der Waals surface area contributed by atoms with E-state index in [-0.39, 0.29) is 47.2 Å². The first-order valence-electron chi connectivity index (χ1n) is 13.5. The number of amides is 2. The van der Waals surface area contributed by atoms with E-state index < -0.39 is 59.4 Å². The highest BCUT2D eigenvalue weighted by molar-refractivity contribution is 7.89. The Morgan fingerprint density at radius 1 is 1.07 bits per heavy atom. The van der Waals surface area contributed by atoms with E-state index in [4.69, 9.17) is 17.3 Å². The van der Waals surface area contributed by atoms with Crippen LogP contribution in [0.15, 0.2) is 53.4 Å². The molecule has 3 atom stereocenters. The highest BCUT2D eigenvalue weighted by Crippen LogP contribution is 2.31. The lowest BCUT2D eigenvalue weighted by Crippen LogP contribution is -2.57. The summed E-state index contributed by atoms with van der Waals surface area (Å²) >= 11 is 6.09. The van der Waals surface area contributed by atoms with Gasteiger partial charge >= 0.3 is 12.3 Å². The van der Waals surface area contributed by atoms with Crippen molar-refractivity contribution in [1.29, 1.82) is 0 Å². The Balaban J connectivity index is 2.29. The Kier molecular flexibility index (Phi) is 13.9. The van der Waals surface area contributed by atoms with Gasteiger partial charge in [0.25, 0.3) is 0 Å². The summed E-state index contributed by atoms with van der Waals surface area (Å²) in [7, 11) is -3.34. The van der Waals surface area contributed by atoms with E-state index in [2.05, 4.69) is 4.74 Å². The van der Waals surface area contributed by atoms with Crippen LogP contribution in [0.25, 0.3) is 0 Å². The number of nitrogens with two attached hydrogens (primary N) is 1. The molecule has 0 aliphatic rings. The Morgan fingerprint density at radius 2 is 1.70 bits per heavy atom. The van der Waals surface area contributed by atoms with Crippen molar-refractivity contribution in [2.24, 2.45) is 5.73 Å². The summed E-state index contributed by atoms with van der Waals surface area (Å²) in [4.78, 5) is 25.5. The van der Waals surface area contributed by atoms with Gasteiger partial charge in [0.15, 0.2) is 0 Å². The standard InChI is InChI=1S/C28H37ClF3N3O7S/c1-3-15-34(43(40,41)22-13-11-19(17-36)12-14-22)21(18-37)8-6-10-25(28(30,31)32)35(27(39)42-2)26(38)24(33)16-20-7-4-5-9-23(20)29/h4-5,7,9,11-14,21,24-25,36-37H,3,6,8,10,15-18,33H2,1-2H3/t21-,24-,25+/m0/s1. The summed E-state index contributed by atoms with van der Waals surface area (Å²) in [6, 6.07) is 6.45. The zero-order valence-corrected chi connectivity index (χ0v) is 25.4. The number of alkyl halides is 3. The normalized spacial score (nSPS) is 14.3. The number of hydrogen-bond donors (Lipinski definition) is 3. The van der Waals surface area contributed by atoms with Crippen molar-refractivity contribution in [3.63, 3.8) is 0 Å². The van der Waals surface area contributed by atoms with E-state index in [9.17, 15) is 41.4 Å². The molecule has 0 aromatic heterocycles. The molecule has 4 N–H and O–H groups in total. The molecule has 43 heavy (non-hydrogen) atoms. The van der Waals surface area contributed by atoms with Gasteiger partial charge in [0.1, 0.15) is 6.04 Å². The van der Waals surface area contributed by atoms with E-state index in [1.54, 1.807) is 25.1 Å². The number of rotatable bonds is 15. The Bertz CT molecular complexity index is 1310. The van der Waals surface area contributed by atoms with Crippen LogP contribution in [-0.4, -0.2) is 84.4 Å². The number of hydrogen-bond acceptors (Lipinski definition) is 8. The summed E-state index contributed by atoms with van der Waals surface area (Å²) < 4.78 is 75.2. The minimum atomic E-state index is -5.08. The summed E-state index contributed by atoms with van der Waals surface area (Å²) in [6.45, 7) is 0.695.